The van der Waals surface area contributed by atoms with E-state index in [1.807, 2.05) is 30.3 Å². The van der Waals surface area contributed by atoms with Crippen LogP contribution in [0.5, 0.6) is 5.75 Å². The summed E-state index contributed by atoms with van der Waals surface area (Å²) in [7, 11) is 0. The standard InChI is InChI=1S/C23H21BrN2O3/c1-23(2,29-18-8-4-3-5-9-18)22(28)26-17-14-12-16(13-15-17)25-21(27)19-10-6-7-11-20(19)24/h3-15H,1-2H3,(H,25,27)(H,26,28). The Kier molecular flexibility index (Phi) is 6.34. The molecule has 0 aliphatic carbocycles. The summed E-state index contributed by atoms with van der Waals surface area (Å²) in [6, 6.07) is 23.3. The monoisotopic (exact) mass is 452 g/mol. The molecule has 0 spiro atoms. The second-order valence-corrected chi connectivity index (χ2v) is 7.75. The number of para-hydroxylation sites is 1. The summed E-state index contributed by atoms with van der Waals surface area (Å²) in [4.78, 5) is 25.0. The highest BCUT2D eigenvalue weighted by Gasteiger charge is 2.30. The minimum absolute atomic E-state index is 0.216. The van der Waals surface area contributed by atoms with E-state index in [1.165, 1.54) is 0 Å². The quantitative estimate of drug-likeness (QED) is 0.518. The van der Waals surface area contributed by atoms with E-state index < -0.39 is 5.60 Å². The highest BCUT2D eigenvalue weighted by Crippen LogP contribution is 2.22. The Balaban J connectivity index is 1.62. The fraction of sp³-hybridized carbons (Fsp3) is 0.130. The van der Waals surface area contributed by atoms with Crippen LogP contribution in [0.3, 0.4) is 0 Å². The van der Waals surface area contributed by atoms with Crippen molar-refractivity contribution in [2.75, 3.05) is 10.6 Å². The lowest BCUT2D eigenvalue weighted by molar-refractivity contribution is -0.128. The normalized spacial score (nSPS) is 10.9. The van der Waals surface area contributed by atoms with Crippen molar-refractivity contribution in [3.8, 4) is 5.75 Å². The van der Waals surface area contributed by atoms with Crippen molar-refractivity contribution < 1.29 is 14.3 Å². The number of halogens is 1. The molecule has 0 radical (unpaired) electrons. The predicted octanol–water partition coefficient (Wildman–Crippen LogP) is 5.50. The van der Waals surface area contributed by atoms with Crippen molar-refractivity contribution in [3.63, 3.8) is 0 Å². The number of amides is 2. The highest BCUT2D eigenvalue weighted by molar-refractivity contribution is 9.10. The van der Waals surface area contributed by atoms with Gasteiger partial charge in [-0.3, -0.25) is 9.59 Å². The largest absolute Gasteiger partial charge is 0.478 e. The second-order valence-electron chi connectivity index (χ2n) is 6.89. The van der Waals surface area contributed by atoms with Crippen molar-refractivity contribution in [3.05, 3.63) is 88.9 Å². The van der Waals surface area contributed by atoms with E-state index in [-0.39, 0.29) is 11.8 Å². The van der Waals surface area contributed by atoms with E-state index in [2.05, 4.69) is 26.6 Å². The Morgan fingerprint density at radius 1 is 0.793 bits per heavy atom. The summed E-state index contributed by atoms with van der Waals surface area (Å²) >= 11 is 3.37. The fourth-order valence-electron chi connectivity index (χ4n) is 2.59. The molecule has 2 N–H and O–H groups in total. The van der Waals surface area contributed by atoms with Gasteiger partial charge in [-0.25, -0.2) is 0 Å². The molecule has 2 amide bonds. The minimum Gasteiger partial charge on any atom is -0.478 e. The number of carbonyl (C=O) groups is 2. The molecule has 5 nitrogen and oxygen atoms in total. The first-order chi connectivity index (χ1) is 13.8. The van der Waals surface area contributed by atoms with Gasteiger partial charge in [-0.15, -0.1) is 0 Å². The average Bonchev–Trinajstić information content (AvgIpc) is 2.70. The van der Waals surface area contributed by atoms with Crippen LogP contribution in [0.1, 0.15) is 24.2 Å². The third-order valence-electron chi connectivity index (χ3n) is 4.18. The zero-order valence-corrected chi connectivity index (χ0v) is 17.7. The highest BCUT2D eigenvalue weighted by atomic mass is 79.9. The zero-order chi connectivity index (χ0) is 20.9. The number of benzene rings is 3. The molecule has 3 aromatic carbocycles. The van der Waals surface area contributed by atoms with Crippen molar-refractivity contribution in [1.82, 2.24) is 0 Å². The zero-order valence-electron chi connectivity index (χ0n) is 16.1. The van der Waals surface area contributed by atoms with Crippen LogP contribution in [0.25, 0.3) is 0 Å². The van der Waals surface area contributed by atoms with Gasteiger partial charge in [0, 0.05) is 15.8 Å². The van der Waals surface area contributed by atoms with Crippen LogP contribution in [0.2, 0.25) is 0 Å². The lowest BCUT2D eigenvalue weighted by atomic mass is 10.1. The van der Waals surface area contributed by atoms with E-state index in [0.717, 1.165) is 4.47 Å². The van der Waals surface area contributed by atoms with Gasteiger partial charge in [-0.1, -0.05) is 30.3 Å². The van der Waals surface area contributed by atoms with E-state index >= 15 is 0 Å². The molecular formula is C23H21BrN2O3. The second kappa shape index (κ2) is 8.92. The van der Waals surface area contributed by atoms with E-state index in [0.29, 0.717) is 22.7 Å². The maximum atomic E-state index is 12.6. The van der Waals surface area contributed by atoms with Crippen molar-refractivity contribution in [2.24, 2.45) is 0 Å². The first kappa shape index (κ1) is 20.6. The van der Waals surface area contributed by atoms with Crippen LogP contribution >= 0.6 is 15.9 Å². The number of carbonyl (C=O) groups excluding carboxylic acids is 2. The third-order valence-corrected chi connectivity index (χ3v) is 4.87. The first-order valence-electron chi connectivity index (χ1n) is 9.06. The van der Waals surface area contributed by atoms with E-state index in [4.69, 9.17) is 4.74 Å². The molecule has 3 rings (SSSR count). The van der Waals surface area contributed by atoms with E-state index in [9.17, 15) is 9.59 Å². The first-order valence-corrected chi connectivity index (χ1v) is 9.86. The summed E-state index contributed by atoms with van der Waals surface area (Å²) in [6.45, 7) is 3.42. The van der Waals surface area contributed by atoms with Crippen LogP contribution in [-0.2, 0) is 4.79 Å². The lowest BCUT2D eigenvalue weighted by Gasteiger charge is -2.25. The summed E-state index contributed by atoms with van der Waals surface area (Å²) in [5.74, 6) is 0.135. The van der Waals surface area contributed by atoms with Crippen molar-refractivity contribution >= 4 is 39.1 Å². The van der Waals surface area contributed by atoms with Crippen molar-refractivity contribution in [1.29, 1.82) is 0 Å². The average molecular weight is 453 g/mol. The number of hydrogen-bond donors (Lipinski definition) is 2. The molecule has 0 heterocycles. The number of hydrogen-bond acceptors (Lipinski definition) is 3. The Hall–Kier alpha value is -3.12. The lowest BCUT2D eigenvalue weighted by Crippen LogP contribution is -2.42. The van der Waals surface area contributed by atoms with Crippen molar-refractivity contribution in [2.45, 2.75) is 19.4 Å². The van der Waals surface area contributed by atoms with Crippen LogP contribution in [0.15, 0.2) is 83.3 Å². The van der Waals surface area contributed by atoms with Crippen LogP contribution in [-0.4, -0.2) is 17.4 Å². The SMILES string of the molecule is CC(C)(Oc1ccccc1)C(=O)Nc1ccc(NC(=O)c2ccccc2Br)cc1. The Labute approximate surface area is 178 Å². The van der Waals surface area contributed by atoms with Gasteiger partial charge in [0.1, 0.15) is 5.75 Å². The molecule has 0 aliphatic heterocycles. The number of nitrogens with one attached hydrogen (secondary N) is 2. The Morgan fingerprint density at radius 2 is 1.34 bits per heavy atom. The summed E-state index contributed by atoms with van der Waals surface area (Å²) in [6.07, 6.45) is 0. The van der Waals surface area contributed by atoms with Gasteiger partial charge in [0.05, 0.1) is 5.56 Å². The van der Waals surface area contributed by atoms with Crippen LogP contribution < -0.4 is 15.4 Å². The minimum atomic E-state index is -1.05. The van der Waals surface area contributed by atoms with E-state index in [1.54, 1.807) is 62.4 Å². The molecule has 0 aliphatic rings. The van der Waals surface area contributed by atoms with Gasteiger partial charge in [0.2, 0.25) is 0 Å². The summed E-state index contributed by atoms with van der Waals surface area (Å²) < 4.78 is 6.52. The molecule has 148 valence electrons. The molecule has 0 atom stereocenters. The Bertz CT molecular complexity index is 1000. The molecule has 0 aromatic heterocycles. The molecule has 3 aromatic rings. The molecule has 0 saturated heterocycles. The maximum absolute atomic E-state index is 12.6. The summed E-state index contributed by atoms with van der Waals surface area (Å²) in [5, 5.41) is 5.68. The van der Waals surface area contributed by atoms with Gasteiger partial charge < -0.3 is 15.4 Å². The molecule has 29 heavy (non-hydrogen) atoms. The molecule has 0 bridgehead atoms. The molecule has 6 heteroatoms. The topological polar surface area (TPSA) is 67.4 Å². The maximum Gasteiger partial charge on any atom is 0.267 e. The fourth-order valence-corrected chi connectivity index (χ4v) is 3.06. The summed E-state index contributed by atoms with van der Waals surface area (Å²) in [5.41, 5.74) is 0.736. The smallest absolute Gasteiger partial charge is 0.267 e. The van der Waals surface area contributed by atoms with Gasteiger partial charge >= 0.3 is 0 Å². The van der Waals surface area contributed by atoms with Crippen LogP contribution in [0.4, 0.5) is 11.4 Å². The number of rotatable bonds is 6. The third kappa shape index (κ3) is 5.45. The van der Waals surface area contributed by atoms with Gasteiger partial charge in [-0.2, -0.15) is 0 Å². The molecule has 0 saturated carbocycles. The van der Waals surface area contributed by atoms with Gasteiger partial charge in [0.25, 0.3) is 11.8 Å². The number of ether oxygens (including phenoxy) is 1. The molecular weight excluding hydrogens is 432 g/mol. The van der Waals surface area contributed by atoms with Gasteiger partial charge in [0.15, 0.2) is 5.60 Å². The molecule has 0 unspecified atom stereocenters. The van der Waals surface area contributed by atoms with Crippen LogP contribution in [0, 0.1) is 0 Å². The number of anilines is 2. The Morgan fingerprint density at radius 3 is 1.97 bits per heavy atom. The predicted molar refractivity (Wildman–Crippen MR) is 118 cm³/mol. The van der Waals surface area contributed by atoms with Gasteiger partial charge in [-0.05, 0) is 78.3 Å². The molecule has 0 fully saturated rings.